The van der Waals surface area contributed by atoms with Gasteiger partial charge >= 0.3 is 0 Å². The van der Waals surface area contributed by atoms with E-state index in [1.807, 2.05) is 0 Å². The minimum Gasteiger partial charge on any atom is -0.309 e. The van der Waals surface area contributed by atoms with Gasteiger partial charge in [-0.2, -0.15) is 0 Å². The van der Waals surface area contributed by atoms with E-state index < -0.39 is 0 Å². The summed E-state index contributed by atoms with van der Waals surface area (Å²) >= 11 is 0. The first-order valence-electron chi connectivity index (χ1n) is 8.20. The number of hydrogen-bond donors (Lipinski definition) is 1. The van der Waals surface area contributed by atoms with Gasteiger partial charge in [0.05, 0.1) is 0 Å². The third-order valence-corrected chi connectivity index (χ3v) is 6.37. The van der Waals surface area contributed by atoms with Gasteiger partial charge in [-0.25, -0.2) is 0 Å². The topological polar surface area (TPSA) is 15.3 Å². The molecule has 2 saturated heterocycles. The zero-order valence-electron chi connectivity index (χ0n) is 12.7. The second-order valence-corrected chi connectivity index (χ2v) is 7.40. The second-order valence-electron chi connectivity index (χ2n) is 7.40. The fraction of sp³-hybridized carbons (Fsp3) is 0.667. The summed E-state index contributed by atoms with van der Waals surface area (Å²) in [5.41, 5.74) is 2.00. The molecular weight excluding hydrogens is 244 g/mol. The van der Waals surface area contributed by atoms with E-state index in [0.29, 0.717) is 17.5 Å². The molecule has 1 aromatic carbocycles. The van der Waals surface area contributed by atoms with Crippen molar-refractivity contribution in [2.75, 3.05) is 7.05 Å². The zero-order chi connectivity index (χ0) is 13.7. The molecule has 2 heteroatoms. The Bertz CT molecular complexity index is 485. The van der Waals surface area contributed by atoms with Gasteiger partial charge in [0.1, 0.15) is 0 Å². The van der Waals surface area contributed by atoms with Crippen molar-refractivity contribution in [2.24, 2.45) is 5.41 Å². The lowest BCUT2D eigenvalue weighted by molar-refractivity contribution is -0.00390. The largest absolute Gasteiger partial charge is 0.309 e. The number of likely N-dealkylation sites (N-methyl/N-ethyl adjacent to an activating group) is 1. The van der Waals surface area contributed by atoms with Crippen LogP contribution >= 0.6 is 0 Å². The Morgan fingerprint density at radius 3 is 2.85 bits per heavy atom. The molecule has 2 nitrogen and oxygen atoms in total. The van der Waals surface area contributed by atoms with E-state index in [-0.39, 0.29) is 0 Å². The highest BCUT2D eigenvalue weighted by Crippen LogP contribution is 2.51. The highest BCUT2D eigenvalue weighted by Gasteiger charge is 2.57. The van der Waals surface area contributed by atoms with Crippen LogP contribution in [0, 0.1) is 5.41 Å². The Kier molecular flexibility index (Phi) is 2.94. The van der Waals surface area contributed by atoms with Crippen molar-refractivity contribution < 1.29 is 0 Å². The minimum absolute atomic E-state index is 0.519. The molecular formula is C18H26N2. The van der Waals surface area contributed by atoms with E-state index in [4.69, 9.17) is 0 Å². The van der Waals surface area contributed by atoms with E-state index in [1.165, 1.54) is 37.7 Å². The Balaban J connectivity index is 1.62. The predicted molar refractivity (Wildman–Crippen MR) is 82.8 cm³/mol. The van der Waals surface area contributed by atoms with Crippen LogP contribution < -0.4 is 5.32 Å². The average molecular weight is 270 g/mol. The summed E-state index contributed by atoms with van der Waals surface area (Å²) in [5, 5.41) is 3.98. The number of piperidine rings is 1. The first kappa shape index (κ1) is 12.8. The molecule has 0 aromatic heterocycles. The lowest BCUT2D eigenvalue weighted by Gasteiger charge is -2.52. The first-order valence-corrected chi connectivity index (χ1v) is 8.20. The zero-order valence-corrected chi connectivity index (χ0v) is 12.7. The van der Waals surface area contributed by atoms with Crippen LogP contribution in [0.15, 0.2) is 30.3 Å². The molecule has 3 aliphatic rings. The van der Waals surface area contributed by atoms with E-state index in [2.05, 4.69) is 54.5 Å². The van der Waals surface area contributed by atoms with Crippen molar-refractivity contribution in [3.05, 3.63) is 35.9 Å². The van der Waals surface area contributed by atoms with Gasteiger partial charge in [0.25, 0.3) is 0 Å². The number of nitrogens with one attached hydrogen (secondary N) is 1. The second kappa shape index (κ2) is 4.57. The van der Waals surface area contributed by atoms with Gasteiger partial charge in [-0.3, -0.25) is 4.90 Å². The van der Waals surface area contributed by atoms with Crippen LogP contribution in [-0.4, -0.2) is 36.1 Å². The quantitative estimate of drug-likeness (QED) is 0.889. The highest BCUT2D eigenvalue weighted by atomic mass is 15.3. The standard InChI is InChI=1S/C18H26N2/c1-18-12-14-15(11-13-7-4-3-5-8-13)20(2)17(18)10-6-9-16(18)19-14/h3-5,7-8,14-17,19H,6,9-12H2,1-2H3/t14-,15+,16-,17+,18-/m0/s1. The molecule has 5 atom stereocenters. The van der Waals surface area contributed by atoms with Gasteiger partial charge < -0.3 is 5.32 Å². The average Bonchev–Trinajstić information content (AvgIpc) is 2.80. The molecule has 108 valence electrons. The van der Waals surface area contributed by atoms with Gasteiger partial charge in [-0.1, -0.05) is 43.7 Å². The third kappa shape index (κ3) is 1.78. The van der Waals surface area contributed by atoms with Crippen LogP contribution in [0.1, 0.15) is 38.2 Å². The molecule has 1 aromatic rings. The molecule has 0 amide bonds. The Labute approximate surface area is 122 Å². The van der Waals surface area contributed by atoms with Crippen molar-refractivity contribution >= 4 is 0 Å². The Hall–Kier alpha value is -0.860. The maximum Gasteiger partial charge on any atom is 0.0290 e. The van der Waals surface area contributed by atoms with Crippen molar-refractivity contribution in [1.82, 2.24) is 10.2 Å². The molecule has 2 bridgehead atoms. The monoisotopic (exact) mass is 270 g/mol. The summed E-state index contributed by atoms with van der Waals surface area (Å²) in [6.45, 7) is 2.53. The number of fused-ring (bicyclic) bond motifs is 1. The fourth-order valence-corrected chi connectivity index (χ4v) is 5.32. The van der Waals surface area contributed by atoms with Crippen molar-refractivity contribution in [3.8, 4) is 0 Å². The van der Waals surface area contributed by atoms with Crippen LogP contribution in [0.5, 0.6) is 0 Å². The molecule has 4 rings (SSSR count). The van der Waals surface area contributed by atoms with Gasteiger partial charge in [0.2, 0.25) is 0 Å². The summed E-state index contributed by atoms with van der Waals surface area (Å²) in [5.74, 6) is 0. The van der Waals surface area contributed by atoms with Gasteiger partial charge in [0.15, 0.2) is 0 Å². The molecule has 0 unspecified atom stereocenters. The number of benzene rings is 1. The van der Waals surface area contributed by atoms with E-state index in [0.717, 1.165) is 12.1 Å². The number of likely N-dealkylation sites (tertiary alicyclic amines) is 1. The van der Waals surface area contributed by atoms with Crippen LogP contribution in [-0.2, 0) is 6.42 Å². The Morgan fingerprint density at radius 1 is 1.25 bits per heavy atom. The summed E-state index contributed by atoms with van der Waals surface area (Å²) in [6, 6.07) is 13.9. The lowest BCUT2D eigenvalue weighted by atomic mass is 9.64. The smallest absolute Gasteiger partial charge is 0.0290 e. The first-order chi connectivity index (χ1) is 9.68. The molecule has 3 fully saturated rings. The summed E-state index contributed by atoms with van der Waals surface area (Å²) in [6.07, 6.45) is 6.74. The van der Waals surface area contributed by atoms with Crippen LogP contribution in [0.4, 0.5) is 0 Å². The molecule has 1 N–H and O–H groups in total. The normalized spacial score (nSPS) is 43.7. The summed E-state index contributed by atoms with van der Waals surface area (Å²) < 4.78 is 0. The third-order valence-electron chi connectivity index (χ3n) is 6.37. The summed E-state index contributed by atoms with van der Waals surface area (Å²) in [4.78, 5) is 2.72. The number of nitrogens with zero attached hydrogens (tertiary/aromatic N) is 1. The van der Waals surface area contributed by atoms with Crippen LogP contribution in [0.3, 0.4) is 0 Å². The van der Waals surface area contributed by atoms with Crippen LogP contribution in [0.2, 0.25) is 0 Å². The molecule has 2 aliphatic heterocycles. The van der Waals surface area contributed by atoms with E-state index in [1.54, 1.807) is 0 Å². The highest BCUT2D eigenvalue weighted by molar-refractivity contribution is 5.21. The van der Waals surface area contributed by atoms with Gasteiger partial charge in [-0.05, 0) is 43.7 Å². The van der Waals surface area contributed by atoms with E-state index >= 15 is 0 Å². The molecule has 1 saturated carbocycles. The van der Waals surface area contributed by atoms with Gasteiger partial charge in [0, 0.05) is 24.2 Å². The van der Waals surface area contributed by atoms with Crippen LogP contribution in [0.25, 0.3) is 0 Å². The van der Waals surface area contributed by atoms with E-state index in [9.17, 15) is 0 Å². The molecule has 0 spiro atoms. The Morgan fingerprint density at radius 2 is 2.05 bits per heavy atom. The molecule has 1 aliphatic carbocycles. The van der Waals surface area contributed by atoms with Crippen molar-refractivity contribution in [1.29, 1.82) is 0 Å². The maximum absolute atomic E-state index is 3.98. The van der Waals surface area contributed by atoms with Gasteiger partial charge in [-0.15, -0.1) is 0 Å². The fourth-order valence-electron chi connectivity index (χ4n) is 5.32. The predicted octanol–water partition coefficient (Wildman–Crippen LogP) is 2.83. The molecule has 0 radical (unpaired) electrons. The maximum atomic E-state index is 3.98. The van der Waals surface area contributed by atoms with Crippen molar-refractivity contribution in [2.45, 2.75) is 63.2 Å². The van der Waals surface area contributed by atoms with Crippen molar-refractivity contribution in [3.63, 3.8) is 0 Å². The number of rotatable bonds is 2. The molecule has 20 heavy (non-hydrogen) atoms. The molecule has 2 heterocycles. The minimum atomic E-state index is 0.519. The number of hydrogen-bond acceptors (Lipinski definition) is 2. The lowest BCUT2D eigenvalue weighted by Crippen LogP contribution is -2.59. The SMILES string of the molecule is CN1[C@H](Cc2ccccc2)[C@@H]2C[C@@]3(C)[C@H](CCC[C@@H]13)N2. The summed E-state index contributed by atoms with van der Waals surface area (Å²) in [7, 11) is 2.37.